The molecule has 4 heteroatoms. The van der Waals surface area contributed by atoms with Gasteiger partial charge in [0, 0.05) is 25.7 Å². The van der Waals surface area contributed by atoms with Crippen LogP contribution < -0.4 is 0 Å². The average Bonchev–Trinajstić information content (AvgIpc) is 2.23. The molecule has 0 aromatic carbocycles. The van der Waals surface area contributed by atoms with E-state index in [0.29, 0.717) is 12.3 Å². The van der Waals surface area contributed by atoms with Gasteiger partial charge in [-0.05, 0) is 12.3 Å². The van der Waals surface area contributed by atoms with E-state index in [1.165, 1.54) is 0 Å². The predicted octanol–water partition coefficient (Wildman–Crippen LogP) is 2.01. The summed E-state index contributed by atoms with van der Waals surface area (Å²) in [5.74, 6) is -0.873. The van der Waals surface area contributed by atoms with Crippen LogP contribution in [-0.2, 0) is 19.0 Å². The molecule has 1 saturated carbocycles. The molecule has 1 aliphatic carbocycles. The normalized spacial score (nSPS) is 43.4. The Labute approximate surface area is 102 Å². The minimum atomic E-state index is -1.34. The third-order valence-electron chi connectivity index (χ3n) is 3.83. The topological polar surface area (TPSA) is 44.8 Å². The van der Waals surface area contributed by atoms with Gasteiger partial charge in [-0.25, -0.2) is 0 Å². The molecule has 0 amide bonds. The Morgan fingerprint density at radius 1 is 1.12 bits per heavy atom. The van der Waals surface area contributed by atoms with Crippen LogP contribution in [0.3, 0.4) is 0 Å². The molecule has 0 radical (unpaired) electrons. The standard InChI is InChI=1S/C13H20O4/c1-8(2)3-4-12(14)13-15-9-5-10(16-13)7-11(6-9)17-13/h8-11H,3-7H2,1-2H3. The van der Waals surface area contributed by atoms with E-state index in [0.717, 1.165) is 25.7 Å². The number of hydrogen-bond donors (Lipinski definition) is 0. The zero-order chi connectivity index (χ0) is 12.0. The van der Waals surface area contributed by atoms with Crippen molar-refractivity contribution in [2.75, 3.05) is 0 Å². The largest absolute Gasteiger partial charge is 0.347 e. The first-order valence-corrected chi connectivity index (χ1v) is 6.64. The summed E-state index contributed by atoms with van der Waals surface area (Å²) in [6.45, 7) is 4.21. The van der Waals surface area contributed by atoms with Crippen LogP contribution in [-0.4, -0.2) is 30.1 Å². The van der Waals surface area contributed by atoms with Crippen molar-refractivity contribution in [3.8, 4) is 0 Å². The summed E-state index contributed by atoms with van der Waals surface area (Å²) in [6, 6.07) is 0. The Bertz CT molecular complexity index is 288. The van der Waals surface area contributed by atoms with Crippen LogP contribution in [0, 0.1) is 5.92 Å². The quantitative estimate of drug-likeness (QED) is 0.754. The van der Waals surface area contributed by atoms with E-state index in [1.54, 1.807) is 0 Å². The summed E-state index contributed by atoms with van der Waals surface area (Å²) < 4.78 is 17.1. The second-order valence-corrected chi connectivity index (χ2v) is 5.84. The fourth-order valence-corrected chi connectivity index (χ4v) is 2.97. The fourth-order valence-electron chi connectivity index (χ4n) is 2.97. The highest BCUT2D eigenvalue weighted by Crippen LogP contribution is 2.45. The number of hydrogen-bond acceptors (Lipinski definition) is 4. The van der Waals surface area contributed by atoms with Crippen molar-refractivity contribution in [3.63, 3.8) is 0 Å². The summed E-state index contributed by atoms with van der Waals surface area (Å²) in [4.78, 5) is 12.2. The van der Waals surface area contributed by atoms with Gasteiger partial charge < -0.3 is 14.2 Å². The molecule has 0 N–H and O–H groups in total. The minimum Gasteiger partial charge on any atom is -0.318 e. The van der Waals surface area contributed by atoms with E-state index < -0.39 is 5.97 Å². The summed E-state index contributed by atoms with van der Waals surface area (Å²) in [7, 11) is 0. The van der Waals surface area contributed by atoms with Crippen LogP contribution in [0.2, 0.25) is 0 Å². The van der Waals surface area contributed by atoms with E-state index >= 15 is 0 Å². The molecule has 3 aliphatic heterocycles. The maximum Gasteiger partial charge on any atom is 0.347 e. The Hall–Kier alpha value is -0.450. The van der Waals surface area contributed by atoms with Gasteiger partial charge in [0.2, 0.25) is 5.78 Å². The summed E-state index contributed by atoms with van der Waals surface area (Å²) in [5, 5.41) is 0. The molecule has 0 aromatic heterocycles. The minimum absolute atomic E-state index is 0.0368. The second-order valence-electron chi connectivity index (χ2n) is 5.84. The van der Waals surface area contributed by atoms with E-state index in [1.807, 2.05) is 0 Å². The highest BCUT2D eigenvalue weighted by atomic mass is 16.9. The SMILES string of the molecule is CC(C)CCC(=O)C12OC3CC(CC(C3)O1)O2. The monoisotopic (exact) mass is 240 g/mol. The van der Waals surface area contributed by atoms with E-state index in [2.05, 4.69) is 13.8 Å². The highest BCUT2D eigenvalue weighted by molar-refractivity contribution is 5.84. The zero-order valence-electron chi connectivity index (χ0n) is 10.5. The molecule has 4 rings (SSSR count). The Morgan fingerprint density at radius 2 is 1.59 bits per heavy atom. The predicted molar refractivity (Wildman–Crippen MR) is 60.3 cm³/mol. The molecule has 4 aliphatic rings. The van der Waals surface area contributed by atoms with Crippen molar-refractivity contribution in [1.82, 2.24) is 0 Å². The lowest BCUT2D eigenvalue weighted by Crippen LogP contribution is -2.65. The van der Waals surface area contributed by atoms with Crippen LogP contribution in [0.5, 0.6) is 0 Å². The summed E-state index contributed by atoms with van der Waals surface area (Å²) in [5.41, 5.74) is 0. The number of ether oxygens (including phenoxy) is 3. The Balaban J connectivity index is 1.71. The zero-order valence-corrected chi connectivity index (χ0v) is 10.5. The fraction of sp³-hybridized carbons (Fsp3) is 0.923. The van der Waals surface area contributed by atoms with Crippen LogP contribution in [0.4, 0.5) is 0 Å². The molecule has 3 heterocycles. The van der Waals surface area contributed by atoms with Crippen molar-refractivity contribution in [3.05, 3.63) is 0 Å². The molecule has 17 heavy (non-hydrogen) atoms. The van der Waals surface area contributed by atoms with Gasteiger partial charge >= 0.3 is 5.97 Å². The summed E-state index contributed by atoms with van der Waals surface area (Å²) >= 11 is 0. The molecule has 0 aromatic rings. The Morgan fingerprint density at radius 3 is 2.00 bits per heavy atom. The first-order valence-electron chi connectivity index (χ1n) is 6.64. The lowest BCUT2D eigenvalue weighted by atomic mass is 9.88. The number of rotatable bonds is 4. The van der Waals surface area contributed by atoms with Gasteiger partial charge in [-0.1, -0.05) is 13.8 Å². The number of ketones is 1. The van der Waals surface area contributed by atoms with Gasteiger partial charge in [0.15, 0.2) is 0 Å². The number of Topliss-reactive ketones (excluding diaryl/α,β-unsaturated/α-hetero) is 1. The van der Waals surface area contributed by atoms with Gasteiger partial charge in [-0.2, -0.15) is 0 Å². The second kappa shape index (κ2) is 4.04. The molecule has 0 atom stereocenters. The third kappa shape index (κ3) is 2.02. The average molecular weight is 240 g/mol. The van der Waals surface area contributed by atoms with E-state index in [4.69, 9.17) is 14.2 Å². The maximum atomic E-state index is 12.2. The van der Waals surface area contributed by atoms with Gasteiger partial charge in [0.1, 0.15) is 0 Å². The van der Waals surface area contributed by atoms with Gasteiger partial charge in [0.25, 0.3) is 0 Å². The molecule has 3 saturated heterocycles. The van der Waals surface area contributed by atoms with Crippen molar-refractivity contribution < 1.29 is 19.0 Å². The first-order chi connectivity index (χ1) is 8.07. The van der Waals surface area contributed by atoms with Crippen molar-refractivity contribution in [2.45, 2.75) is 70.2 Å². The van der Waals surface area contributed by atoms with Crippen molar-refractivity contribution >= 4 is 5.78 Å². The third-order valence-corrected chi connectivity index (χ3v) is 3.83. The van der Waals surface area contributed by atoms with Crippen LogP contribution in [0.25, 0.3) is 0 Å². The van der Waals surface area contributed by atoms with Gasteiger partial charge in [0.05, 0.1) is 18.3 Å². The first kappa shape index (κ1) is 11.6. The highest BCUT2D eigenvalue weighted by Gasteiger charge is 2.58. The number of carbonyl (C=O) groups excluding carboxylic acids is 1. The molecule has 4 fully saturated rings. The van der Waals surface area contributed by atoms with Crippen LogP contribution >= 0.6 is 0 Å². The maximum absolute atomic E-state index is 12.2. The molecular weight excluding hydrogens is 220 g/mol. The molecule has 0 spiro atoms. The molecule has 4 bridgehead atoms. The Kier molecular flexibility index (Phi) is 2.76. The molecule has 4 nitrogen and oxygen atoms in total. The van der Waals surface area contributed by atoms with Crippen LogP contribution in [0.1, 0.15) is 46.0 Å². The molecular formula is C13H20O4. The molecule has 0 unspecified atom stereocenters. The van der Waals surface area contributed by atoms with Crippen molar-refractivity contribution in [2.24, 2.45) is 5.92 Å². The van der Waals surface area contributed by atoms with E-state index in [-0.39, 0.29) is 24.1 Å². The molecule has 96 valence electrons. The van der Waals surface area contributed by atoms with Gasteiger partial charge in [-0.3, -0.25) is 4.79 Å². The lowest BCUT2D eigenvalue weighted by Gasteiger charge is -2.54. The smallest absolute Gasteiger partial charge is 0.318 e. The lowest BCUT2D eigenvalue weighted by molar-refractivity contribution is -0.468. The summed E-state index contributed by atoms with van der Waals surface area (Å²) in [6.07, 6.45) is 4.55. The van der Waals surface area contributed by atoms with E-state index in [9.17, 15) is 4.79 Å². The van der Waals surface area contributed by atoms with Crippen LogP contribution in [0.15, 0.2) is 0 Å². The van der Waals surface area contributed by atoms with Crippen molar-refractivity contribution in [1.29, 1.82) is 0 Å². The van der Waals surface area contributed by atoms with Gasteiger partial charge in [-0.15, -0.1) is 0 Å². The number of carbonyl (C=O) groups is 1.